The maximum atomic E-state index is 12.4. The molecular weight excluding hydrogens is 298 g/mol. The van der Waals surface area contributed by atoms with Gasteiger partial charge in [0.1, 0.15) is 0 Å². The van der Waals surface area contributed by atoms with Gasteiger partial charge in [0.15, 0.2) is 0 Å². The lowest BCUT2D eigenvalue weighted by atomic mass is 10.1. The monoisotopic (exact) mass is 323 g/mol. The van der Waals surface area contributed by atoms with Crippen molar-refractivity contribution < 1.29 is 4.79 Å². The molecule has 0 aliphatic heterocycles. The van der Waals surface area contributed by atoms with Crippen molar-refractivity contribution in [1.82, 2.24) is 14.8 Å². The van der Waals surface area contributed by atoms with E-state index in [4.69, 9.17) is 0 Å². The SMILES string of the molecule is CCN(Cc1ccc(CN(C)C)cc1)C(=O)/C=C/c1ccccn1. The number of carbonyl (C=O) groups is 1. The zero-order valence-corrected chi connectivity index (χ0v) is 14.6. The first-order chi connectivity index (χ1) is 11.6. The van der Waals surface area contributed by atoms with E-state index in [1.807, 2.05) is 30.0 Å². The second-order valence-electron chi connectivity index (χ2n) is 5.99. The van der Waals surface area contributed by atoms with Crippen LogP contribution < -0.4 is 0 Å². The lowest BCUT2D eigenvalue weighted by Crippen LogP contribution is -2.28. The van der Waals surface area contributed by atoms with Crippen LogP contribution in [0.15, 0.2) is 54.7 Å². The van der Waals surface area contributed by atoms with Crippen LogP contribution in [0.2, 0.25) is 0 Å². The summed E-state index contributed by atoms with van der Waals surface area (Å²) in [6, 6.07) is 14.1. The van der Waals surface area contributed by atoms with Crippen molar-refractivity contribution in [2.75, 3.05) is 20.6 Å². The van der Waals surface area contributed by atoms with Crippen LogP contribution in [0.1, 0.15) is 23.7 Å². The molecule has 1 aromatic carbocycles. The fraction of sp³-hybridized carbons (Fsp3) is 0.300. The molecule has 0 aliphatic rings. The van der Waals surface area contributed by atoms with Gasteiger partial charge >= 0.3 is 0 Å². The number of hydrogen-bond donors (Lipinski definition) is 0. The van der Waals surface area contributed by atoms with Crippen LogP contribution in [-0.2, 0) is 17.9 Å². The summed E-state index contributed by atoms with van der Waals surface area (Å²) in [6.45, 7) is 4.20. The van der Waals surface area contributed by atoms with E-state index in [1.54, 1.807) is 18.3 Å². The number of pyridine rings is 1. The molecule has 24 heavy (non-hydrogen) atoms. The van der Waals surface area contributed by atoms with E-state index >= 15 is 0 Å². The second-order valence-corrected chi connectivity index (χ2v) is 5.99. The molecule has 126 valence electrons. The summed E-state index contributed by atoms with van der Waals surface area (Å²) in [6.07, 6.45) is 5.06. The highest BCUT2D eigenvalue weighted by atomic mass is 16.2. The highest BCUT2D eigenvalue weighted by Gasteiger charge is 2.09. The standard InChI is InChI=1S/C20H25N3O/c1-4-23(20(24)13-12-19-7-5-6-14-21-19)16-18-10-8-17(9-11-18)15-22(2)3/h5-14H,4,15-16H2,1-3H3/b13-12+. The third-order valence-corrected chi connectivity index (χ3v) is 3.67. The molecule has 0 N–H and O–H groups in total. The van der Waals surface area contributed by atoms with Gasteiger partial charge in [0.25, 0.3) is 0 Å². The Balaban J connectivity index is 1.98. The van der Waals surface area contributed by atoms with Crippen LogP contribution in [0.5, 0.6) is 0 Å². The molecule has 1 amide bonds. The van der Waals surface area contributed by atoms with Gasteiger partial charge in [-0.15, -0.1) is 0 Å². The summed E-state index contributed by atoms with van der Waals surface area (Å²) in [5.74, 6) is 0.000483. The number of aromatic nitrogens is 1. The van der Waals surface area contributed by atoms with E-state index in [9.17, 15) is 4.79 Å². The molecule has 1 heterocycles. The molecule has 0 saturated heterocycles. The summed E-state index contributed by atoms with van der Waals surface area (Å²) in [5, 5.41) is 0. The third kappa shape index (κ3) is 5.63. The Morgan fingerprint density at radius 2 is 1.71 bits per heavy atom. The minimum absolute atomic E-state index is 0.000483. The first kappa shape index (κ1) is 17.9. The number of benzene rings is 1. The van der Waals surface area contributed by atoms with Gasteiger partial charge in [-0.3, -0.25) is 9.78 Å². The maximum Gasteiger partial charge on any atom is 0.246 e. The van der Waals surface area contributed by atoms with Crippen molar-refractivity contribution in [3.8, 4) is 0 Å². The largest absolute Gasteiger partial charge is 0.335 e. The molecule has 4 heteroatoms. The highest BCUT2D eigenvalue weighted by Crippen LogP contribution is 2.10. The molecule has 0 unspecified atom stereocenters. The fourth-order valence-electron chi connectivity index (χ4n) is 2.42. The summed E-state index contributed by atoms with van der Waals surface area (Å²) in [5.41, 5.74) is 3.20. The first-order valence-electron chi connectivity index (χ1n) is 8.19. The summed E-state index contributed by atoms with van der Waals surface area (Å²) >= 11 is 0. The van der Waals surface area contributed by atoms with Crippen molar-refractivity contribution in [3.05, 3.63) is 71.6 Å². The van der Waals surface area contributed by atoms with E-state index in [0.29, 0.717) is 13.1 Å². The van der Waals surface area contributed by atoms with Gasteiger partial charge in [-0.05, 0) is 50.4 Å². The molecular formula is C20H25N3O. The quantitative estimate of drug-likeness (QED) is 0.734. The van der Waals surface area contributed by atoms with Gasteiger partial charge in [-0.25, -0.2) is 0 Å². The van der Waals surface area contributed by atoms with E-state index < -0.39 is 0 Å². The molecule has 0 atom stereocenters. The van der Waals surface area contributed by atoms with Crippen LogP contribution in [0.4, 0.5) is 0 Å². The number of likely N-dealkylation sites (N-methyl/N-ethyl adjacent to an activating group) is 1. The van der Waals surface area contributed by atoms with Crippen molar-refractivity contribution in [1.29, 1.82) is 0 Å². The van der Waals surface area contributed by atoms with Crippen molar-refractivity contribution in [3.63, 3.8) is 0 Å². The smallest absolute Gasteiger partial charge is 0.246 e. The maximum absolute atomic E-state index is 12.4. The third-order valence-electron chi connectivity index (χ3n) is 3.67. The topological polar surface area (TPSA) is 36.4 Å². The number of amides is 1. The molecule has 0 fully saturated rings. The average molecular weight is 323 g/mol. The molecule has 1 aromatic heterocycles. The lowest BCUT2D eigenvalue weighted by Gasteiger charge is -2.19. The highest BCUT2D eigenvalue weighted by molar-refractivity contribution is 5.91. The molecule has 2 rings (SSSR count). The van der Waals surface area contributed by atoms with E-state index in [0.717, 1.165) is 17.8 Å². The Hall–Kier alpha value is -2.46. The fourth-order valence-corrected chi connectivity index (χ4v) is 2.42. The summed E-state index contributed by atoms with van der Waals surface area (Å²) < 4.78 is 0. The number of nitrogens with zero attached hydrogens (tertiary/aromatic N) is 3. The summed E-state index contributed by atoms with van der Waals surface area (Å²) in [7, 11) is 4.11. The molecule has 0 spiro atoms. The molecule has 0 bridgehead atoms. The Morgan fingerprint density at radius 1 is 1.04 bits per heavy atom. The van der Waals surface area contributed by atoms with Crippen LogP contribution >= 0.6 is 0 Å². The Labute approximate surface area is 144 Å². The number of hydrogen-bond acceptors (Lipinski definition) is 3. The lowest BCUT2D eigenvalue weighted by molar-refractivity contribution is -0.126. The van der Waals surface area contributed by atoms with Crippen LogP contribution in [-0.4, -0.2) is 41.3 Å². The molecule has 0 aliphatic carbocycles. The molecule has 0 radical (unpaired) electrons. The minimum atomic E-state index is 0.000483. The Morgan fingerprint density at radius 3 is 2.25 bits per heavy atom. The predicted octanol–water partition coefficient (Wildman–Crippen LogP) is 3.21. The first-order valence-corrected chi connectivity index (χ1v) is 8.19. The van der Waals surface area contributed by atoms with Gasteiger partial charge < -0.3 is 9.80 Å². The minimum Gasteiger partial charge on any atom is -0.335 e. The van der Waals surface area contributed by atoms with E-state index in [1.165, 1.54) is 5.56 Å². The van der Waals surface area contributed by atoms with Gasteiger partial charge in [-0.1, -0.05) is 30.3 Å². The molecule has 4 nitrogen and oxygen atoms in total. The van der Waals surface area contributed by atoms with Gasteiger partial charge in [0, 0.05) is 31.9 Å². The van der Waals surface area contributed by atoms with Crippen LogP contribution in [0, 0.1) is 0 Å². The van der Waals surface area contributed by atoms with Gasteiger partial charge in [-0.2, -0.15) is 0 Å². The summed E-state index contributed by atoms with van der Waals surface area (Å²) in [4.78, 5) is 20.5. The molecule has 2 aromatic rings. The second kappa shape index (κ2) is 8.99. The Kier molecular flexibility index (Phi) is 6.70. The van der Waals surface area contributed by atoms with Crippen LogP contribution in [0.25, 0.3) is 6.08 Å². The van der Waals surface area contributed by atoms with Crippen molar-refractivity contribution in [2.24, 2.45) is 0 Å². The zero-order valence-electron chi connectivity index (χ0n) is 14.6. The predicted molar refractivity (Wildman–Crippen MR) is 98.2 cm³/mol. The average Bonchev–Trinajstić information content (AvgIpc) is 2.59. The van der Waals surface area contributed by atoms with Crippen molar-refractivity contribution in [2.45, 2.75) is 20.0 Å². The zero-order chi connectivity index (χ0) is 17.4. The number of carbonyl (C=O) groups excluding carboxylic acids is 1. The van der Waals surface area contributed by atoms with Crippen LogP contribution in [0.3, 0.4) is 0 Å². The van der Waals surface area contributed by atoms with Gasteiger partial charge in [0.05, 0.1) is 5.69 Å². The molecule has 0 saturated carbocycles. The normalized spacial score (nSPS) is 11.2. The van der Waals surface area contributed by atoms with Gasteiger partial charge in [0.2, 0.25) is 5.91 Å². The number of rotatable bonds is 7. The van der Waals surface area contributed by atoms with E-state index in [-0.39, 0.29) is 5.91 Å². The Bertz CT molecular complexity index is 663. The van der Waals surface area contributed by atoms with Crippen molar-refractivity contribution >= 4 is 12.0 Å². The van der Waals surface area contributed by atoms with E-state index in [2.05, 4.69) is 48.2 Å².